The first-order valence-electron chi connectivity index (χ1n) is 6.73. The number of hydrogen-bond donors (Lipinski definition) is 1. The van der Waals surface area contributed by atoms with Crippen molar-refractivity contribution in [2.24, 2.45) is 11.7 Å². The summed E-state index contributed by atoms with van der Waals surface area (Å²) in [6, 6.07) is 6.37. The van der Waals surface area contributed by atoms with E-state index in [1.54, 1.807) is 0 Å². The summed E-state index contributed by atoms with van der Waals surface area (Å²) in [4.78, 5) is 2.44. The molecule has 0 aliphatic carbocycles. The second-order valence-corrected chi connectivity index (χ2v) is 5.27. The van der Waals surface area contributed by atoms with Crippen LogP contribution in [0.4, 0.5) is 5.69 Å². The molecule has 1 aliphatic heterocycles. The van der Waals surface area contributed by atoms with Crippen molar-refractivity contribution in [2.75, 3.05) is 25.1 Å². The van der Waals surface area contributed by atoms with E-state index in [-0.39, 0.29) is 0 Å². The van der Waals surface area contributed by atoms with Gasteiger partial charge in [0.2, 0.25) is 0 Å². The maximum absolute atomic E-state index is 5.86. The average molecular weight is 248 g/mol. The van der Waals surface area contributed by atoms with Gasteiger partial charge in [-0.3, -0.25) is 0 Å². The highest BCUT2D eigenvalue weighted by Gasteiger charge is 2.27. The van der Waals surface area contributed by atoms with E-state index in [0.717, 1.165) is 13.1 Å². The molecule has 2 N–H and O–H groups in total. The number of nitrogens with two attached hydrogens (primary N) is 1. The van der Waals surface area contributed by atoms with Crippen molar-refractivity contribution < 1.29 is 4.74 Å². The van der Waals surface area contributed by atoms with Crippen LogP contribution in [0.2, 0.25) is 0 Å². The minimum atomic E-state index is 0.323. The monoisotopic (exact) mass is 248 g/mol. The van der Waals surface area contributed by atoms with E-state index in [2.05, 4.69) is 36.9 Å². The lowest BCUT2D eigenvalue weighted by Gasteiger charge is -2.39. The molecule has 0 amide bonds. The van der Waals surface area contributed by atoms with Crippen molar-refractivity contribution in [1.29, 1.82) is 0 Å². The topological polar surface area (TPSA) is 38.5 Å². The van der Waals surface area contributed by atoms with Gasteiger partial charge in [0, 0.05) is 32.4 Å². The van der Waals surface area contributed by atoms with Gasteiger partial charge in [0.15, 0.2) is 0 Å². The van der Waals surface area contributed by atoms with Crippen LogP contribution in [0.5, 0.6) is 0 Å². The molecule has 1 aliphatic rings. The highest BCUT2D eigenvalue weighted by Crippen LogP contribution is 2.30. The first-order chi connectivity index (χ1) is 8.67. The van der Waals surface area contributed by atoms with Gasteiger partial charge < -0.3 is 15.4 Å². The molecule has 1 aromatic rings. The number of piperidine rings is 1. The van der Waals surface area contributed by atoms with Gasteiger partial charge in [-0.2, -0.15) is 0 Å². The molecule has 0 bridgehead atoms. The molecule has 0 aromatic heterocycles. The van der Waals surface area contributed by atoms with E-state index < -0.39 is 0 Å². The van der Waals surface area contributed by atoms with Crippen molar-refractivity contribution in [3.8, 4) is 0 Å². The lowest BCUT2D eigenvalue weighted by molar-refractivity contribution is 0.0498. The zero-order chi connectivity index (χ0) is 13.1. The van der Waals surface area contributed by atoms with E-state index in [4.69, 9.17) is 10.5 Å². The summed E-state index contributed by atoms with van der Waals surface area (Å²) in [6.45, 7) is 7.09. The van der Waals surface area contributed by atoms with Crippen LogP contribution < -0.4 is 10.6 Å². The third-order valence-corrected chi connectivity index (χ3v) is 4.05. The average Bonchev–Trinajstić information content (AvgIpc) is 2.39. The second-order valence-electron chi connectivity index (χ2n) is 5.27. The smallest absolute Gasteiger partial charge is 0.0772 e. The number of methoxy groups -OCH3 is 1. The van der Waals surface area contributed by atoms with Crippen molar-refractivity contribution in [3.63, 3.8) is 0 Å². The van der Waals surface area contributed by atoms with E-state index in [1.807, 2.05) is 7.11 Å². The Kier molecular flexibility index (Phi) is 4.25. The first kappa shape index (κ1) is 13.4. The number of rotatable bonds is 3. The molecule has 1 aromatic carbocycles. The molecule has 100 valence electrons. The standard InChI is InChI=1S/C15H24N2O/c1-11-7-8-17(10-14(11)18-3)15-12(2)5-4-6-13(15)9-16/h4-6,11,14H,7-10,16H2,1-3H3. The summed E-state index contributed by atoms with van der Waals surface area (Å²) in [7, 11) is 1.81. The lowest BCUT2D eigenvalue weighted by atomic mass is 9.94. The molecule has 1 saturated heterocycles. The van der Waals surface area contributed by atoms with Gasteiger partial charge in [-0.15, -0.1) is 0 Å². The fraction of sp³-hybridized carbons (Fsp3) is 0.600. The Labute approximate surface area is 110 Å². The van der Waals surface area contributed by atoms with Gasteiger partial charge in [-0.25, -0.2) is 0 Å². The molecule has 3 heteroatoms. The fourth-order valence-electron chi connectivity index (χ4n) is 2.88. The van der Waals surface area contributed by atoms with Crippen LogP contribution in [0, 0.1) is 12.8 Å². The molecule has 2 rings (SSSR count). The van der Waals surface area contributed by atoms with Crippen LogP contribution in [-0.4, -0.2) is 26.3 Å². The quantitative estimate of drug-likeness (QED) is 0.892. The van der Waals surface area contributed by atoms with Crippen LogP contribution in [0.3, 0.4) is 0 Å². The summed E-state index contributed by atoms with van der Waals surface area (Å²) in [5.74, 6) is 0.636. The summed E-state index contributed by atoms with van der Waals surface area (Å²) >= 11 is 0. The van der Waals surface area contributed by atoms with Gasteiger partial charge in [0.1, 0.15) is 0 Å². The lowest BCUT2D eigenvalue weighted by Crippen LogP contribution is -2.44. The van der Waals surface area contributed by atoms with Gasteiger partial charge in [-0.05, 0) is 30.4 Å². The number of benzene rings is 1. The molecular formula is C15H24N2O. The Hall–Kier alpha value is -1.06. The highest BCUT2D eigenvalue weighted by atomic mass is 16.5. The number of hydrogen-bond acceptors (Lipinski definition) is 3. The molecule has 0 saturated carbocycles. The van der Waals surface area contributed by atoms with Crippen LogP contribution in [0.15, 0.2) is 18.2 Å². The number of nitrogens with zero attached hydrogens (tertiary/aromatic N) is 1. The van der Waals surface area contributed by atoms with Crippen LogP contribution in [0.1, 0.15) is 24.5 Å². The summed E-state index contributed by atoms with van der Waals surface area (Å²) < 4.78 is 5.60. The minimum Gasteiger partial charge on any atom is -0.379 e. The predicted molar refractivity (Wildman–Crippen MR) is 75.9 cm³/mol. The SMILES string of the molecule is COC1CN(c2c(C)cccc2CN)CCC1C. The maximum Gasteiger partial charge on any atom is 0.0772 e. The number of ether oxygens (including phenoxy) is 1. The number of para-hydroxylation sites is 1. The normalized spacial score (nSPS) is 24.3. The van der Waals surface area contributed by atoms with Crippen molar-refractivity contribution in [2.45, 2.75) is 32.9 Å². The molecule has 3 nitrogen and oxygen atoms in total. The second kappa shape index (κ2) is 5.72. The molecule has 1 fully saturated rings. The highest BCUT2D eigenvalue weighted by molar-refractivity contribution is 5.59. The summed E-state index contributed by atoms with van der Waals surface area (Å²) in [5, 5.41) is 0. The Morgan fingerprint density at radius 3 is 2.89 bits per heavy atom. The summed E-state index contributed by atoms with van der Waals surface area (Å²) in [6.07, 6.45) is 1.50. The van der Waals surface area contributed by atoms with E-state index >= 15 is 0 Å². The zero-order valence-electron chi connectivity index (χ0n) is 11.6. The van der Waals surface area contributed by atoms with Crippen molar-refractivity contribution >= 4 is 5.69 Å². The Bertz CT molecular complexity index is 405. The van der Waals surface area contributed by atoms with Gasteiger partial charge >= 0.3 is 0 Å². The Morgan fingerprint density at radius 2 is 2.22 bits per heavy atom. The Morgan fingerprint density at radius 1 is 1.44 bits per heavy atom. The third-order valence-electron chi connectivity index (χ3n) is 4.05. The molecule has 2 unspecified atom stereocenters. The van der Waals surface area contributed by atoms with Gasteiger partial charge in [-0.1, -0.05) is 25.1 Å². The Balaban J connectivity index is 2.26. The predicted octanol–water partition coefficient (Wildman–Crippen LogP) is 2.31. The van der Waals surface area contributed by atoms with E-state index in [1.165, 1.54) is 23.2 Å². The molecule has 0 radical (unpaired) electrons. The fourth-order valence-corrected chi connectivity index (χ4v) is 2.88. The minimum absolute atomic E-state index is 0.323. The third kappa shape index (κ3) is 2.52. The first-order valence-corrected chi connectivity index (χ1v) is 6.73. The van der Waals surface area contributed by atoms with Crippen molar-refractivity contribution in [3.05, 3.63) is 29.3 Å². The van der Waals surface area contributed by atoms with Gasteiger partial charge in [0.25, 0.3) is 0 Å². The molecule has 18 heavy (non-hydrogen) atoms. The molecule has 2 atom stereocenters. The van der Waals surface area contributed by atoms with Gasteiger partial charge in [0.05, 0.1) is 6.10 Å². The van der Waals surface area contributed by atoms with E-state index in [9.17, 15) is 0 Å². The molecule has 0 spiro atoms. The summed E-state index contributed by atoms with van der Waals surface area (Å²) in [5.41, 5.74) is 9.72. The number of aryl methyl sites for hydroxylation is 1. The van der Waals surface area contributed by atoms with E-state index in [0.29, 0.717) is 18.6 Å². The van der Waals surface area contributed by atoms with Crippen LogP contribution in [-0.2, 0) is 11.3 Å². The molecular weight excluding hydrogens is 224 g/mol. The van der Waals surface area contributed by atoms with Crippen LogP contribution in [0.25, 0.3) is 0 Å². The van der Waals surface area contributed by atoms with Crippen LogP contribution >= 0.6 is 0 Å². The number of anilines is 1. The molecule has 1 heterocycles. The largest absolute Gasteiger partial charge is 0.379 e. The maximum atomic E-state index is 5.86. The zero-order valence-corrected chi connectivity index (χ0v) is 11.6. The van der Waals surface area contributed by atoms with Crippen molar-refractivity contribution in [1.82, 2.24) is 0 Å².